The number of anilines is 1. The Bertz CT molecular complexity index is 552. The Labute approximate surface area is 118 Å². The van der Waals surface area contributed by atoms with Crippen LogP contribution in [0.3, 0.4) is 0 Å². The van der Waals surface area contributed by atoms with Crippen molar-refractivity contribution in [3.8, 4) is 0 Å². The molecule has 0 aliphatic rings. The van der Waals surface area contributed by atoms with Crippen LogP contribution in [0.25, 0.3) is 0 Å². The van der Waals surface area contributed by atoms with Gasteiger partial charge in [-0.1, -0.05) is 18.2 Å². The van der Waals surface area contributed by atoms with Crippen molar-refractivity contribution in [2.75, 3.05) is 18.9 Å². The van der Waals surface area contributed by atoms with Crippen molar-refractivity contribution in [1.29, 1.82) is 0 Å². The van der Waals surface area contributed by atoms with Crippen LogP contribution < -0.4 is 11.1 Å². The van der Waals surface area contributed by atoms with Crippen molar-refractivity contribution in [1.82, 2.24) is 4.90 Å². The molecule has 0 aliphatic heterocycles. The van der Waals surface area contributed by atoms with Gasteiger partial charge in [0.2, 0.25) is 5.91 Å². The molecule has 0 bridgehead atoms. The number of furan rings is 1. The van der Waals surface area contributed by atoms with Crippen molar-refractivity contribution in [3.05, 3.63) is 54.0 Å². The second-order valence-electron chi connectivity index (χ2n) is 4.71. The van der Waals surface area contributed by atoms with E-state index in [1.54, 1.807) is 12.5 Å². The summed E-state index contributed by atoms with van der Waals surface area (Å²) >= 11 is 0. The van der Waals surface area contributed by atoms with Gasteiger partial charge in [0.1, 0.15) is 0 Å². The van der Waals surface area contributed by atoms with E-state index in [-0.39, 0.29) is 5.91 Å². The molecular formula is C15H19N3O2. The van der Waals surface area contributed by atoms with E-state index in [0.29, 0.717) is 19.6 Å². The first kappa shape index (κ1) is 14.3. The monoisotopic (exact) mass is 273 g/mol. The van der Waals surface area contributed by atoms with Gasteiger partial charge in [-0.2, -0.15) is 0 Å². The summed E-state index contributed by atoms with van der Waals surface area (Å²) in [5, 5.41) is 2.89. The van der Waals surface area contributed by atoms with Crippen LogP contribution in [0.1, 0.15) is 11.1 Å². The molecule has 1 aromatic carbocycles. The maximum absolute atomic E-state index is 12.0. The summed E-state index contributed by atoms with van der Waals surface area (Å²) in [7, 11) is 1.89. The third kappa shape index (κ3) is 3.94. The lowest BCUT2D eigenvalue weighted by Gasteiger charge is -2.16. The number of nitrogens with one attached hydrogen (secondary N) is 1. The summed E-state index contributed by atoms with van der Waals surface area (Å²) in [4.78, 5) is 13.9. The quantitative estimate of drug-likeness (QED) is 0.842. The van der Waals surface area contributed by atoms with Crippen LogP contribution in [0.4, 0.5) is 5.69 Å². The Hall–Kier alpha value is -2.11. The first-order valence-electron chi connectivity index (χ1n) is 6.46. The van der Waals surface area contributed by atoms with Crippen LogP contribution in [0.5, 0.6) is 0 Å². The van der Waals surface area contributed by atoms with Crippen molar-refractivity contribution in [2.24, 2.45) is 5.73 Å². The molecule has 1 aromatic heterocycles. The number of nitrogens with two attached hydrogens (primary N) is 1. The second-order valence-corrected chi connectivity index (χ2v) is 4.71. The van der Waals surface area contributed by atoms with Crippen LogP contribution in [-0.2, 0) is 17.9 Å². The maximum atomic E-state index is 12.0. The lowest BCUT2D eigenvalue weighted by atomic mass is 10.2. The van der Waals surface area contributed by atoms with Gasteiger partial charge >= 0.3 is 0 Å². The standard InChI is InChI=1S/C15H19N3O2/c1-18(9-12-6-7-20-11-12)10-15(19)17-14-5-3-2-4-13(14)8-16/h2-7,11H,8-10,16H2,1H3,(H,17,19). The summed E-state index contributed by atoms with van der Waals surface area (Å²) in [6, 6.07) is 9.44. The van der Waals surface area contributed by atoms with Gasteiger partial charge in [0.05, 0.1) is 19.1 Å². The minimum atomic E-state index is -0.0584. The lowest BCUT2D eigenvalue weighted by molar-refractivity contribution is -0.117. The van der Waals surface area contributed by atoms with Gasteiger partial charge in [0.15, 0.2) is 0 Å². The van der Waals surface area contributed by atoms with Gasteiger partial charge in [-0.3, -0.25) is 9.69 Å². The van der Waals surface area contributed by atoms with Crippen molar-refractivity contribution < 1.29 is 9.21 Å². The number of benzene rings is 1. The average Bonchev–Trinajstić information content (AvgIpc) is 2.91. The number of likely N-dealkylation sites (N-methyl/N-ethyl adjacent to an activating group) is 1. The number of carbonyl (C=O) groups is 1. The molecule has 0 radical (unpaired) electrons. The van der Waals surface area contributed by atoms with E-state index < -0.39 is 0 Å². The molecule has 0 fully saturated rings. The maximum Gasteiger partial charge on any atom is 0.238 e. The molecule has 106 valence electrons. The normalized spacial score (nSPS) is 10.8. The van der Waals surface area contributed by atoms with E-state index in [4.69, 9.17) is 10.2 Å². The zero-order chi connectivity index (χ0) is 14.4. The molecule has 5 nitrogen and oxygen atoms in total. The van der Waals surface area contributed by atoms with Gasteiger partial charge < -0.3 is 15.5 Å². The minimum Gasteiger partial charge on any atom is -0.472 e. The van der Waals surface area contributed by atoms with Crippen LogP contribution in [0, 0.1) is 0 Å². The molecule has 0 spiro atoms. The van der Waals surface area contributed by atoms with Crippen LogP contribution >= 0.6 is 0 Å². The van der Waals surface area contributed by atoms with Crippen LogP contribution in [0.15, 0.2) is 47.3 Å². The molecule has 3 N–H and O–H groups in total. The number of para-hydroxylation sites is 1. The number of nitrogens with zero attached hydrogens (tertiary/aromatic N) is 1. The summed E-state index contributed by atoms with van der Waals surface area (Å²) in [5.41, 5.74) is 8.39. The van der Waals surface area contributed by atoms with Gasteiger partial charge in [-0.25, -0.2) is 0 Å². The molecular weight excluding hydrogens is 254 g/mol. The Morgan fingerprint density at radius 2 is 2.15 bits per heavy atom. The molecule has 0 unspecified atom stereocenters. The molecule has 1 heterocycles. The fraction of sp³-hybridized carbons (Fsp3) is 0.267. The molecule has 2 aromatic rings. The molecule has 5 heteroatoms. The highest BCUT2D eigenvalue weighted by Crippen LogP contribution is 2.14. The Morgan fingerprint density at radius 1 is 1.35 bits per heavy atom. The molecule has 0 saturated carbocycles. The van der Waals surface area contributed by atoms with Gasteiger partial charge in [-0.05, 0) is 24.7 Å². The van der Waals surface area contributed by atoms with E-state index in [1.165, 1.54) is 0 Å². The Balaban J connectivity index is 1.88. The van der Waals surface area contributed by atoms with Gasteiger partial charge in [0, 0.05) is 24.3 Å². The molecule has 0 aliphatic carbocycles. The molecule has 0 saturated heterocycles. The third-order valence-corrected chi connectivity index (χ3v) is 2.96. The highest BCUT2D eigenvalue weighted by atomic mass is 16.3. The smallest absolute Gasteiger partial charge is 0.238 e. The van der Waals surface area contributed by atoms with Crippen LogP contribution in [0.2, 0.25) is 0 Å². The van der Waals surface area contributed by atoms with Gasteiger partial charge in [-0.15, -0.1) is 0 Å². The molecule has 2 rings (SSSR count). The second kappa shape index (κ2) is 6.88. The van der Waals surface area contributed by atoms with Gasteiger partial charge in [0.25, 0.3) is 0 Å². The predicted octanol–water partition coefficient (Wildman–Crippen LogP) is 1.81. The predicted molar refractivity (Wildman–Crippen MR) is 78.0 cm³/mol. The first-order valence-corrected chi connectivity index (χ1v) is 6.46. The van der Waals surface area contributed by atoms with E-state index in [9.17, 15) is 4.79 Å². The van der Waals surface area contributed by atoms with E-state index >= 15 is 0 Å². The fourth-order valence-electron chi connectivity index (χ4n) is 2.01. The average molecular weight is 273 g/mol. The van der Waals surface area contributed by atoms with Crippen molar-refractivity contribution in [2.45, 2.75) is 13.1 Å². The molecule has 0 atom stereocenters. The van der Waals surface area contributed by atoms with E-state index in [0.717, 1.165) is 16.8 Å². The highest BCUT2D eigenvalue weighted by molar-refractivity contribution is 5.92. The Kier molecular flexibility index (Phi) is 4.92. The number of carbonyl (C=O) groups excluding carboxylic acids is 1. The minimum absolute atomic E-state index is 0.0584. The topological polar surface area (TPSA) is 71.5 Å². The highest BCUT2D eigenvalue weighted by Gasteiger charge is 2.09. The SMILES string of the molecule is CN(CC(=O)Nc1ccccc1CN)Cc1ccoc1. The summed E-state index contributed by atoms with van der Waals surface area (Å²) in [5.74, 6) is -0.0584. The van der Waals surface area contributed by atoms with E-state index in [1.807, 2.05) is 42.3 Å². The number of rotatable bonds is 6. The third-order valence-electron chi connectivity index (χ3n) is 2.96. The number of amides is 1. The first-order chi connectivity index (χ1) is 9.69. The molecule has 20 heavy (non-hydrogen) atoms. The van der Waals surface area contributed by atoms with Crippen molar-refractivity contribution >= 4 is 11.6 Å². The summed E-state index contributed by atoms with van der Waals surface area (Å²) in [6.45, 7) is 1.38. The van der Waals surface area contributed by atoms with Crippen LogP contribution in [-0.4, -0.2) is 24.4 Å². The summed E-state index contributed by atoms with van der Waals surface area (Å²) in [6.07, 6.45) is 3.30. The lowest BCUT2D eigenvalue weighted by Crippen LogP contribution is -2.30. The number of hydrogen-bond acceptors (Lipinski definition) is 4. The molecule has 1 amide bonds. The fourth-order valence-corrected chi connectivity index (χ4v) is 2.01. The zero-order valence-corrected chi connectivity index (χ0v) is 11.5. The van der Waals surface area contributed by atoms with Crippen molar-refractivity contribution in [3.63, 3.8) is 0 Å². The Morgan fingerprint density at radius 3 is 2.85 bits per heavy atom. The van der Waals surface area contributed by atoms with E-state index in [2.05, 4.69) is 5.32 Å². The zero-order valence-electron chi connectivity index (χ0n) is 11.5. The summed E-state index contributed by atoms with van der Waals surface area (Å²) < 4.78 is 5.01. The number of hydrogen-bond donors (Lipinski definition) is 2. The largest absolute Gasteiger partial charge is 0.472 e.